The predicted octanol–water partition coefficient (Wildman–Crippen LogP) is 6.36. The molecule has 5 aliphatic heterocycles. The van der Waals surface area contributed by atoms with Gasteiger partial charge in [-0.2, -0.15) is 0 Å². The average Bonchev–Trinajstić information content (AvgIpc) is 3.68. The molecule has 198 valence electrons. The number of carbonyl (C=O) groups excluding carboxylic acids is 2. The molecule has 5 saturated heterocycles. The van der Waals surface area contributed by atoms with Crippen molar-refractivity contribution in [3.05, 3.63) is 48.3 Å². The zero-order valence-electron chi connectivity index (χ0n) is 21.9. The quantitative estimate of drug-likeness (QED) is 0.459. The summed E-state index contributed by atoms with van der Waals surface area (Å²) < 4.78 is 10.4. The van der Waals surface area contributed by atoms with Gasteiger partial charge in [-0.3, -0.25) is 9.59 Å². The van der Waals surface area contributed by atoms with Crippen molar-refractivity contribution in [3.8, 4) is 0 Å². The maximum atomic E-state index is 14.5. The molecule has 0 aliphatic carbocycles. The van der Waals surface area contributed by atoms with E-state index in [2.05, 4.69) is 23.6 Å². The van der Waals surface area contributed by atoms with Crippen molar-refractivity contribution < 1.29 is 18.4 Å². The largest absolute Gasteiger partial charge is 0.472 e. The second-order valence-corrected chi connectivity index (χ2v) is 14.0. The zero-order valence-corrected chi connectivity index (χ0v) is 22.8. The molecule has 5 aliphatic rings. The second-order valence-electron chi connectivity index (χ2n) is 12.6. The van der Waals surface area contributed by atoms with Crippen molar-refractivity contribution in [3.63, 3.8) is 0 Å². The number of amides is 2. The van der Waals surface area contributed by atoms with Crippen molar-refractivity contribution in [2.24, 2.45) is 17.3 Å². The fourth-order valence-electron chi connectivity index (χ4n) is 8.58. The lowest BCUT2D eigenvalue weighted by Gasteiger charge is -2.54. The number of hydrogen-bond donors (Lipinski definition) is 0. The Labute approximate surface area is 223 Å². The summed E-state index contributed by atoms with van der Waals surface area (Å²) in [5.74, 6) is 2.34. The van der Waals surface area contributed by atoms with E-state index < -0.39 is 10.2 Å². The molecule has 37 heavy (non-hydrogen) atoms. The number of furan rings is 2. The van der Waals surface area contributed by atoms with Crippen LogP contribution in [0.25, 0.3) is 0 Å². The van der Waals surface area contributed by atoms with Crippen LogP contribution in [-0.4, -0.2) is 44.2 Å². The summed E-state index contributed by atoms with van der Waals surface area (Å²) in [5.41, 5.74) is 1.79. The van der Waals surface area contributed by atoms with Gasteiger partial charge in [0.2, 0.25) is 11.8 Å². The predicted molar refractivity (Wildman–Crippen MR) is 142 cm³/mol. The standard InChI is InChI=1S/C30H38N2O4S/c1-19-3-5-25(21-9-13-35-15-21)31-23(19)7-11-29(27(31)33)17-30(37-18-29)12-8-24-20(2)4-6-26(32(24)28(30)34)22-10-14-36-16-22/h9-10,13-16,19-20,23-26H,3-8,11-12,17-18H2,1-2H3/t19-,20-,23+,24+,25+,26+,29-,30-/m1/s1. The highest BCUT2D eigenvalue weighted by atomic mass is 32.2. The monoisotopic (exact) mass is 522 g/mol. The maximum absolute atomic E-state index is 14.5. The minimum Gasteiger partial charge on any atom is -0.472 e. The van der Waals surface area contributed by atoms with Gasteiger partial charge >= 0.3 is 0 Å². The van der Waals surface area contributed by atoms with Crippen LogP contribution in [0.1, 0.15) is 94.8 Å². The van der Waals surface area contributed by atoms with E-state index in [1.807, 2.05) is 24.7 Å². The first-order valence-corrected chi connectivity index (χ1v) is 15.2. The van der Waals surface area contributed by atoms with Crippen molar-refractivity contribution >= 4 is 23.6 Å². The minimum absolute atomic E-state index is 0.0848. The van der Waals surface area contributed by atoms with Crippen LogP contribution in [0.3, 0.4) is 0 Å². The summed E-state index contributed by atoms with van der Waals surface area (Å²) in [5, 5.41) is 0. The molecule has 7 heterocycles. The van der Waals surface area contributed by atoms with Crippen molar-refractivity contribution in [2.75, 3.05) is 5.75 Å². The number of carbonyl (C=O) groups is 2. The third-order valence-corrected chi connectivity index (χ3v) is 12.4. The Morgan fingerprint density at radius 3 is 1.92 bits per heavy atom. The summed E-state index contributed by atoms with van der Waals surface area (Å²) >= 11 is 1.80. The van der Waals surface area contributed by atoms with Crippen LogP contribution in [0.15, 0.2) is 46.0 Å². The van der Waals surface area contributed by atoms with E-state index >= 15 is 0 Å². The number of hydrogen-bond acceptors (Lipinski definition) is 5. The van der Waals surface area contributed by atoms with Crippen LogP contribution >= 0.6 is 11.8 Å². The van der Waals surface area contributed by atoms with E-state index in [4.69, 9.17) is 8.83 Å². The SMILES string of the molecule is C[C@@H]1CC[C@@H](c2ccoc2)N2C(=O)[C@@]3(CC[C@@H]12)CS[C@]1(CC[C@H]2[C@H](C)CC[C@@H](c4ccoc4)N2C1=O)C3. The summed E-state index contributed by atoms with van der Waals surface area (Å²) in [6.45, 7) is 4.61. The van der Waals surface area contributed by atoms with E-state index in [9.17, 15) is 9.59 Å². The van der Waals surface area contributed by atoms with Crippen molar-refractivity contribution in [2.45, 2.75) is 101 Å². The molecule has 2 aromatic heterocycles. The van der Waals surface area contributed by atoms with E-state index in [1.165, 1.54) is 0 Å². The van der Waals surface area contributed by atoms with Gasteiger partial charge in [0.15, 0.2) is 0 Å². The van der Waals surface area contributed by atoms with Gasteiger partial charge in [0.25, 0.3) is 0 Å². The van der Waals surface area contributed by atoms with Gasteiger partial charge in [-0.15, -0.1) is 11.8 Å². The van der Waals surface area contributed by atoms with E-state index in [-0.39, 0.29) is 30.1 Å². The fraction of sp³-hybridized carbons (Fsp3) is 0.667. The first kappa shape index (κ1) is 23.9. The molecule has 0 aromatic carbocycles. The molecule has 5 fully saturated rings. The topological polar surface area (TPSA) is 66.9 Å². The Bertz CT molecular complexity index is 1070. The normalized spacial score (nSPS) is 41.9. The lowest BCUT2D eigenvalue weighted by atomic mass is 9.66. The van der Waals surface area contributed by atoms with E-state index in [0.717, 1.165) is 68.2 Å². The third-order valence-electron chi connectivity index (χ3n) is 10.7. The Kier molecular flexibility index (Phi) is 5.62. The van der Waals surface area contributed by atoms with Gasteiger partial charge in [-0.05, 0) is 81.8 Å². The molecule has 8 atom stereocenters. The molecule has 0 radical (unpaired) electrons. The van der Waals surface area contributed by atoms with Crippen molar-refractivity contribution in [1.82, 2.24) is 9.80 Å². The summed E-state index contributed by atoms with van der Waals surface area (Å²) in [7, 11) is 0. The molecule has 2 amide bonds. The van der Waals surface area contributed by atoms with Gasteiger partial charge in [0.1, 0.15) is 0 Å². The van der Waals surface area contributed by atoms with E-state index in [0.29, 0.717) is 24.2 Å². The Hall–Kier alpha value is -2.15. The van der Waals surface area contributed by atoms with Crippen LogP contribution < -0.4 is 0 Å². The summed E-state index contributed by atoms with van der Waals surface area (Å²) in [4.78, 5) is 33.4. The Morgan fingerprint density at radius 1 is 0.784 bits per heavy atom. The number of fused-ring (bicyclic) bond motifs is 2. The van der Waals surface area contributed by atoms with Crippen LogP contribution in [0, 0.1) is 17.3 Å². The number of piperidine rings is 4. The molecule has 2 spiro atoms. The lowest BCUT2D eigenvalue weighted by molar-refractivity contribution is -0.160. The van der Waals surface area contributed by atoms with Gasteiger partial charge in [-0.25, -0.2) is 0 Å². The zero-order chi connectivity index (χ0) is 25.4. The molecule has 7 heteroatoms. The molecule has 2 aromatic rings. The van der Waals surface area contributed by atoms with Crippen LogP contribution in [0.2, 0.25) is 0 Å². The highest BCUT2D eigenvalue weighted by Crippen LogP contribution is 2.61. The van der Waals surface area contributed by atoms with Gasteiger partial charge in [0, 0.05) is 29.0 Å². The van der Waals surface area contributed by atoms with Crippen molar-refractivity contribution in [1.29, 1.82) is 0 Å². The van der Waals surface area contributed by atoms with Gasteiger partial charge < -0.3 is 18.6 Å². The molecule has 0 N–H and O–H groups in total. The Morgan fingerprint density at radius 2 is 1.35 bits per heavy atom. The molecular weight excluding hydrogens is 484 g/mol. The molecule has 7 rings (SSSR count). The first-order valence-electron chi connectivity index (χ1n) is 14.3. The average molecular weight is 523 g/mol. The summed E-state index contributed by atoms with van der Waals surface area (Å²) in [6.07, 6.45) is 15.9. The summed E-state index contributed by atoms with van der Waals surface area (Å²) in [6, 6.07) is 4.79. The minimum atomic E-state index is -0.482. The number of rotatable bonds is 2. The highest BCUT2D eigenvalue weighted by molar-refractivity contribution is 8.01. The Balaban J connectivity index is 1.19. The van der Waals surface area contributed by atoms with E-state index in [1.54, 1.807) is 24.3 Å². The van der Waals surface area contributed by atoms with Crippen LogP contribution in [0.4, 0.5) is 0 Å². The molecular formula is C30H38N2O4S. The highest BCUT2D eigenvalue weighted by Gasteiger charge is 2.64. The molecule has 0 unspecified atom stereocenters. The molecule has 0 saturated carbocycles. The van der Waals surface area contributed by atoms with Crippen LogP contribution in [0.5, 0.6) is 0 Å². The van der Waals surface area contributed by atoms with Gasteiger partial charge in [-0.1, -0.05) is 13.8 Å². The number of thioether (sulfide) groups is 1. The van der Waals surface area contributed by atoms with Crippen LogP contribution in [-0.2, 0) is 9.59 Å². The van der Waals surface area contributed by atoms with Gasteiger partial charge in [0.05, 0.1) is 47.3 Å². The third kappa shape index (κ3) is 3.51. The molecule has 0 bridgehead atoms. The first-order chi connectivity index (χ1) is 17.9. The fourth-order valence-corrected chi connectivity index (χ4v) is 10.4. The smallest absolute Gasteiger partial charge is 0.239 e. The molecule has 6 nitrogen and oxygen atoms in total. The lowest BCUT2D eigenvalue weighted by Crippen LogP contribution is -2.62. The number of nitrogens with zero attached hydrogens (tertiary/aromatic N) is 2. The maximum Gasteiger partial charge on any atom is 0.239 e. The second kappa shape index (κ2) is 8.69.